The Kier molecular flexibility index (Phi) is 7.01. The summed E-state index contributed by atoms with van der Waals surface area (Å²) in [6.45, 7) is 33.6. The third kappa shape index (κ3) is 3.20. The second-order valence-electron chi connectivity index (χ2n) is 13.7. The van der Waals surface area contributed by atoms with Crippen LogP contribution in [-0.2, 0) is 17.1 Å². The quantitative estimate of drug-likeness (QED) is 0.234. The monoisotopic (exact) mass is 490 g/mol. The first-order valence-corrected chi connectivity index (χ1v) is 12.8. The predicted molar refractivity (Wildman–Crippen MR) is 142 cm³/mol. The maximum Gasteiger partial charge on any atom is 2.00 e. The zero-order chi connectivity index (χ0) is 24.7. The molecule has 186 valence electrons. The van der Waals surface area contributed by atoms with Crippen LogP contribution >= 0.6 is 0 Å². The Bertz CT molecular complexity index is 815. The van der Waals surface area contributed by atoms with Crippen molar-refractivity contribution in [2.75, 3.05) is 0 Å². The SMILES string of the molecule is C[C-]1C2=CC=CC(C)C2(C)C(C)(C)C1(C)C.C[C-]1C2=CC=CC(C)C2(C)C(C)(C)C1(C)C.[Fe+2]. The van der Waals surface area contributed by atoms with Gasteiger partial charge in [0, 0.05) is 0 Å². The molecule has 0 N–H and O–H groups in total. The van der Waals surface area contributed by atoms with E-state index in [-0.39, 0.29) is 38.7 Å². The van der Waals surface area contributed by atoms with Gasteiger partial charge in [0.25, 0.3) is 0 Å². The molecule has 0 heterocycles. The summed E-state index contributed by atoms with van der Waals surface area (Å²) >= 11 is 0. The van der Waals surface area contributed by atoms with Crippen LogP contribution in [0.15, 0.2) is 47.6 Å². The molecule has 0 saturated heterocycles. The molecule has 0 aliphatic heterocycles. The van der Waals surface area contributed by atoms with E-state index in [1.165, 1.54) is 0 Å². The summed E-state index contributed by atoms with van der Waals surface area (Å²) in [7, 11) is 0. The summed E-state index contributed by atoms with van der Waals surface area (Å²) in [6, 6.07) is 0. The van der Waals surface area contributed by atoms with Crippen molar-refractivity contribution in [2.45, 2.75) is 96.9 Å². The van der Waals surface area contributed by atoms with Crippen LogP contribution in [0.3, 0.4) is 0 Å². The fourth-order valence-corrected chi connectivity index (χ4v) is 7.61. The molecule has 2 saturated carbocycles. The molecule has 4 aliphatic carbocycles. The van der Waals surface area contributed by atoms with Crippen LogP contribution in [-0.4, -0.2) is 0 Å². The van der Waals surface area contributed by atoms with E-state index in [1.807, 2.05) is 0 Å². The molecule has 4 unspecified atom stereocenters. The van der Waals surface area contributed by atoms with Crippen molar-refractivity contribution in [1.29, 1.82) is 0 Å². The first-order valence-electron chi connectivity index (χ1n) is 12.8. The average molecular weight is 491 g/mol. The topological polar surface area (TPSA) is 0 Å². The molecule has 2 fully saturated rings. The van der Waals surface area contributed by atoms with E-state index in [0.29, 0.717) is 22.7 Å². The Labute approximate surface area is 217 Å². The molecular formula is C32H50Fe. The van der Waals surface area contributed by atoms with Gasteiger partial charge in [-0.3, -0.25) is 0 Å². The first kappa shape index (κ1) is 28.5. The number of fused-ring (bicyclic) bond motifs is 2. The van der Waals surface area contributed by atoms with E-state index in [4.69, 9.17) is 0 Å². The zero-order valence-electron chi connectivity index (χ0n) is 24.0. The van der Waals surface area contributed by atoms with Crippen molar-refractivity contribution in [2.24, 2.45) is 44.3 Å². The van der Waals surface area contributed by atoms with E-state index in [1.54, 1.807) is 23.0 Å². The van der Waals surface area contributed by atoms with Gasteiger partial charge in [-0.2, -0.15) is 0 Å². The fourth-order valence-electron chi connectivity index (χ4n) is 7.61. The largest absolute Gasteiger partial charge is 2.00 e. The smallest absolute Gasteiger partial charge is 0.209 e. The number of hydrogen-bond acceptors (Lipinski definition) is 0. The molecule has 0 bridgehead atoms. The Hall–Kier alpha value is -0.781. The van der Waals surface area contributed by atoms with Crippen LogP contribution in [0.5, 0.6) is 0 Å². The summed E-state index contributed by atoms with van der Waals surface area (Å²) in [6.07, 6.45) is 13.9. The maximum absolute atomic E-state index is 2.45. The summed E-state index contributed by atoms with van der Waals surface area (Å²) in [4.78, 5) is 0. The third-order valence-corrected chi connectivity index (χ3v) is 12.7. The number of rotatable bonds is 0. The Morgan fingerprint density at radius 1 is 0.576 bits per heavy atom. The van der Waals surface area contributed by atoms with Crippen LogP contribution < -0.4 is 0 Å². The molecule has 0 spiro atoms. The summed E-state index contributed by atoms with van der Waals surface area (Å²) in [5.74, 6) is 4.41. The summed E-state index contributed by atoms with van der Waals surface area (Å²) in [5.41, 5.74) is 4.92. The molecule has 0 amide bonds. The van der Waals surface area contributed by atoms with E-state index >= 15 is 0 Å². The van der Waals surface area contributed by atoms with Gasteiger partial charge in [0.15, 0.2) is 0 Å². The van der Waals surface area contributed by atoms with Gasteiger partial charge >= 0.3 is 17.1 Å². The minimum atomic E-state index is 0. The van der Waals surface area contributed by atoms with E-state index in [2.05, 4.69) is 133 Å². The molecule has 0 aromatic rings. The van der Waals surface area contributed by atoms with Gasteiger partial charge in [0.2, 0.25) is 0 Å². The van der Waals surface area contributed by atoms with Gasteiger partial charge < -0.3 is 0 Å². The second kappa shape index (κ2) is 8.13. The van der Waals surface area contributed by atoms with Crippen LogP contribution in [0.1, 0.15) is 96.9 Å². The Morgan fingerprint density at radius 3 is 1.09 bits per heavy atom. The molecule has 0 radical (unpaired) electrons. The molecule has 1 heteroatoms. The van der Waals surface area contributed by atoms with Crippen molar-refractivity contribution in [1.82, 2.24) is 0 Å². The van der Waals surface area contributed by atoms with Gasteiger partial charge in [0.05, 0.1) is 0 Å². The van der Waals surface area contributed by atoms with Crippen molar-refractivity contribution in [3.05, 3.63) is 59.4 Å². The van der Waals surface area contributed by atoms with Gasteiger partial charge in [-0.05, 0) is 33.5 Å². The van der Waals surface area contributed by atoms with Gasteiger partial charge in [-0.1, -0.05) is 106 Å². The minimum Gasteiger partial charge on any atom is -0.209 e. The average Bonchev–Trinajstić information content (AvgIpc) is 2.87. The molecule has 4 rings (SSSR count). The molecule has 4 atom stereocenters. The zero-order valence-corrected chi connectivity index (χ0v) is 25.1. The molecule has 33 heavy (non-hydrogen) atoms. The molecule has 0 aromatic heterocycles. The standard InChI is InChI=1S/2C16H25.Fe/c2*1-11-9-8-10-13-12(2)14(3,4)15(5,6)16(11,13)7;/h2*8-11H,1-7H3;/q2*-1;+2. The van der Waals surface area contributed by atoms with Crippen molar-refractivity contribution in [3.8, 4) is 0 Å². The summed E-state index contributed by atoms with van der Waals surface area (Å²) in [5, 5.41) is 0. The van der Waals surface area contributed by atoms with Gasteiger partial charge in [-0.25, -0.2) is 35.1 Å². The van der Waals surface area contributed by atoms with E-state index in [9.17, 15) is 0 Å². The van der Waals surface area contributed by atoms with E-state index < -0.39 is 0 Å². The van der Waals surface area contributed by atoms with Crippen LogP contribution in [0, 0.1) is 56.2 Å². The van der Waals surface area contributed by atoms with Crippen molar-refractivity contribution >= 4 is 0 Å². The Balaban J connectivity index is 0.000000227. The van der Waals surface area contributed by atoms with Crippen molar-refractivity contribution in [3.63, 3.8) is 0 Å². The third-order valence-electron chi connectivity index (χ3n) is 12.7. The van der Waals surface area contributed by atoms with E-state index in [0.717, 1.165) is 0 Å². The molecule has 4 aliphatic rings. The Morgan fingerprint density at radius 2 is 0.848 bits per heavy atom. The molecule has 0 nitrogen and oxygen atoms in total. The van der Waals surface area contributed by atoms with Crippen molar-refractivity contribution < 1.29 is 17.1 Å². The minimum absolute atomic E-state index is 0. The molecular weight excluding hydrogens is 440 g/mol. The number of hydrogen-bond donors (Lipinski definition) is 0. The molecule has 0 aromatic carbocycles. The second-order valence-corrected chi connectivity index (χ2v) is 13.7. The van der Waals surface area contributed by atoms with Crippen LogP contribution in [0.25, 0.3) is 0 Å². The van der Waals surface area contributed by atoms with Crippen LogP contribution in [0.2, 0.25) is 0 Å². The first-order chi connectivity index (χ1) is 14.3. The normalized spacial score (nSPS) is 38.4. The fraction of sp³-hybridized carbons (Fsp3) is 0.688. The summed E-state index contributed by atoms with van der Waals surface area (Å²) < 4.78 is 0. The predicted octanol–water partition coefficient (Wildman–Crippen LogP) is 9.57. The number of allylic oxidation sites excluding steroid dienone is 8. The van der Waals surface area contributed by atoms with Gasteiger partial charge in [-0.15, -0.1) is 26.0 Å². The maximum atomic E-state index is 2.45. The van der Waals surface area contributed by atoms with Gasteiger partial charge in [0.1, 0.15) is 0 Å². The van der Waals surface area contributed by atoms with Crippen LogP contribution in [0.4, 0.5) is 0 Å².